The molecule has 0 aromatic carbocycles. The molecule has 1 aliphatic rings. The molecule has 0 N–H and O–H groups in total. The highest BCUT2D eigenvalue weighted by atomic mass is 127. The van der Waals surface area contributed by atoms with Gasteiger partial charge < -0.3 is 9.74 Å². The quantitative estimate of drug-likeness (QED) is 0.163. The standard InChI is InChI=1S/C18H24I2N2O7/c19-11-13(23)3-1-9-21(10-2-4-14(24)12-20)15(25)7-8-18(28)29-22-16(26)5-6-17(22)27/h1-12H2. The van der Waals surface area contributed by atoms with Crippen molar-refractivity contribution < 1.29 is 33.6 Å². The lowest BCUT2D eigenvalue weighted by molar-refractivity contribution is -0.197. The van der Waals surface area contributed by atoms with Crippen molar-refractivity contribution in [3.63, 3.8) is 0 Å². The molecular formula is C18H24I2N2O7. The Morgan fingerprint density at radius 3 is 1.76 bits per heavy atom. The van der Waals surface area contributed by atoms with Gasteiger partial charge in [-0.25, -0.2) is 4.79 Å². The first-order chi connectivity index (χ1) is 13.8. The third-order valence-electron chi connectivity index (χ3n) is 4.16. The van der Waals surface area contributed by atoms with E-state index in [1.54, 1.807) is 4.90 Å². The number of hydroxylamine groups is 2. The van der Waals surface area contributed by atoms with Gasteiger partial charge in [0.15, 0.2) is 0 Å². The largest absolute Gasteiger partial charge is 0.343 e. The molecule has 29 heavy (non-hydrogen) atoms. The Labute approximate surface area is 196 Å². The Morgan fingerprint density at radius 1 is 0.828 bits per heavy atom. The van der Waals surface area contributed by atoms with Crippen LogP contribution in [0.4, 0.5) is 0 Å². The Morgan fingerprint density at radius 2 is 1.31 bits per heavy atom. The summed E-state index contributed by atoms with van der Waals surface area (Å²) in [5.74, 6) is -2.08. The molecule has 0 spiro atoms. The number of carbonyl (C=O) groups excluding carboxylic acids is 6. The predicted octanol–water partition coefficient (Wildman–Crippen LogP) is 1.77. The zero-order valence-electron chi connectivity index (χ0n) is 16.0. The number of hydrogen-bond donors (Lipinski definition) is 0. The van der Waals surface area contributed by atoms with E-state index in [0.29, 0.717) is 52.7 Å². The molecule has 1 heterocycles. The van der Waals surface area contributed by atoms with Gasteiger partial charge in [0.05, 0.1) is 15.3 Å². The van der Waals surface area contributed by atoms with Crippen molar-refractivity contribution in [2.45, 2.75) is 51.4 Å². The number of alkyl halides is 2. The van der Waals surface area contributed by atoms with Crippen LogP contribution < -0.4 is 0 Å². The Balaban J connectivity index is 2.51. The van der Waals surface area contributed by atoms with Gasteiger partial charge in [0, 0.05) is 45.2 Å². The van der Waals surface area contributed by atoms with Crippen LogP contribution in [0.3, 0.4) is 0 Å². The zero-order chi connectivity index (χ0) is 21.8. The van der Waals surface area contributed by atoms with Gasteiger partial charge >= 0.3 is 5.97 Å². The van der Waals surface area contributed by atoms with Crippen LogP contribution in [-0.4, -0.2) is 67.2 Å². The number of rotatable bonds is 14. The van der Waals surface area contributed by atoms with Crippen LogP contribution in [-0.2, 0) is 33.6 Å². The van der Waals surface area contributed by atoms with Gasteiger partial charge in [0.1, 0.15) is 11.6 Å². The molecule has 1 fully saturated rings. The fourth-order valence-electron chi connectivity index (χ4n) is 2.60. The average Bonchev–Trinajstić information content (AvgIpc) is 3.02. The van der Waals surface area contributed by atoms with E-state index in [-0.39, 0.29) is 43.2 Å². The van der Waals surface area contributed by atoms with Gasteiger partial charge in [-0.2, -0.15) is 0 Å². The molecule has 11 heteroatoms. The Bertz CT molecular complexity index is 616. The highest BCUT2D eigenvalue weighted by molar-refractivity contribution is 14.1. The SMILES string of the molecule is O=C(CI)CCCN(CCCC(=O)CI)C(=O)CCC(=O)ON1C(=O)CCC1=O. The topological polar surface area (TPSA) is 118 Å². The fourth-order valence-corrected chi connectivity index (χ4v) is 3.36. The van der Waals surface area contributed by atoms with E-state index in [9.17, 15) is 28.8 Å². The number of nitrogens with zero attached hydrogens (tertiary/aromatic N) is 2. The fraction of sp³-hybridized carbons (Fsp3) is 0.667. The van der Waals surface area contributed by atoms with Gasteiger partial charge in [-0.15, -0.1) is 5.06 Å². The van der Waals surface area contributed by atoms with Crippen molar-refractivity contribution in [2.75, 3.05) is 21.9 Å². The molecule has 0 saturated carbocycles. The minimum Gasteiger partial charge on any atom is -0.343 e. The monoisotopic (exact) mass is 634 g/mol. The van der Waals surface area contributed by atoms with E-state index >= 15 is 0 Å². The maximum absolute atomic E-state index is 12.5. The van der Waals surface area contributed by atoms with Gasteiger partial charge in [-0.3, -0.25) is 24.0 Å². The van der Waals surface area contributed by atoms with E-state index in [0.717, 1.165) is 0 Å². The molecule has 3 amide bonds. The second-order valence-electron chi connectivity index (χ2n) is 6.48. The van der Waals surface area contributed by atoms with Crippen molar-refractivity contribution in [1.82, 2.24) is 9.96 Å². The first-order valence-corrected chi connectivity index (χ1v) is 12.3. The third kappa shape index (κ3) is 9.96. The molecule has 0 bridgehead atoms. The van der Waals surface area contributed by atoms with Crippen LogP contribution in [0.25, 0.3) is 0 Å². The van der Waals surface area contributed by atoms with E-state index in [1.165, 1.54) is 0 Å². The number of ketones is 2. The summed E-state index contributed by atoms with van der Waals surface area (Å²) in [7, 11) is 0. The summed E-state index contributed by atoms with van der Waals surface area (Å²) < 4.78 is 0.825. The normalized spacial score (nSPS) is 13.5. The van der Waals surface area contributed by atoms with E-state index < -0.39 is 17.8 Å². The Kier molecular flexibility index (Phi) is 12.5. The molecule has 0 atom stereocenters. The van der Waals surface area contributed by atoms with Crippen molar-refractivity contribution in [3.8, 4) is 0 Å². The number of amides is 3. The molecule has 0 aliphatic carbocycles. The number of Topliss-reactive ketones (excluding diaryl/α,β-unsaturated/α-hetero) is 2. The molecule has 1 saturated heterocycles. The molecule has 0 aromatic rings. The molecule has 0 aromatic heterocycles. The molecule has 0 radical (unpaired) electrons. The van der Waals surface area contributed by atoms with Crippen molar-refractivity contribution in [1.29, 1.82) is 0 Å². The van der Waals surface area contributed by atoms with Crippen LogP contribution in [0.5, 0.6) is 0 Å². The van der Waals surface area contributed by atoms with Gasteiger partial charge in [0.25, 0.3) is 11.8 Å². The summed E-state index contributed by atoms with van der Waals surface area (Å²) in [6, 6.07) is 0. The van der Waals surface area contributed by atoms with Crippen LogP contribution >= 0.6 is 45.2 Å². The number of carbonyl (C=O) groups is 6. The highest BCUT2D eigenvalue weighted by Crippen LogP contribution is 2.13. The van der Waals surface area contributed by atoms with Crippen LogP contribution in [0.2, 0.25) is 0 Å². The lowest BCUT2D eigenvalue weighted by atomic mass is 10.2. The number of imide groups is 1. The molecule has 162 valence electrons. The van der Waals surface area contributed by atoms with Crippen LogP contribution in [0, 0.1) is 0 Å². The first-order valence-electron chi connectivity index (χ1n) is 9.28. The average molecular weight is 634 g/mol. The molecular weight excluding hydrogens is 610 g/mol. The summed E-state index contributed by atoms with van der Waals surface area (Å²) in [4.78, 5) is 76.5. The second kappa shape index (κ2) is 14.0. The minimum absolute atomic E-state index is 0.00467. The summed E-state index contributed by atoms with van der Waals surface area (Å²) in [6.07, 6.45) is 1.34. The smallest absolute Gasteiger partial charge is 0.333 e. The van der Waals surface area contributed by atoms with E-state index in [4.69, 9.17) is 4.84 Å². The van der Waals surface area contributed by atoms with E-state index in [2.05, 4.69) is 0 Å². The zero-order valence-corrected chi connectivity index (χ0v) is 20.3. The molecule has 9 nitrogen and oxygen atoms in total. The van der Waals surface area contributed by atoms with Gasteiger partial charge in [-0.05, 0) is 12.8 Å². The number of hydrogen-bond acceptors (Lipinski definition) is 7. The summed E-state index contributed by atoms with van der Waals surface area (Å²) in [5.41, 5.74) is 0. The molecule has 0 unspecified atom stereocenters. The van der Waals surface area contributed by atoms with Crippen LogP contribution in [0.15, 0.2) is 0 Å². The van der Waals surface area contributed by atoms with Gasteiger partial charge in [0.2, 0.25) is 5.91 Å². The third-order valence-corrected chi connectivity index (χ3v) is 5.86. The number of halogens is 2. The highest BCUT2D eigenvalue weighted by Gasteiger charge is 2.32. The maximum Gasteiger partial charge on any atom is 0.333 e. The van der Waals surface area contributed by atoms with E-state index in [1.807, 2.05) is 45.2 Å². The van der Waals surface area contributed by atoms with Crippen LogP contribution in [0.1, 0.15) is 51.4 Å². The van der Waals surface area contributed by atoms with Gasteiger partial charge in [-0.1, -0.05) is 45.2 Å². The lowest BCUT2D eigenvalue weighted by Crippen LogP contribution is -2.35. The molecule has 1 aliphatic heterocycles. The van der Waals surface area contributed by atoms with Crippen molar-refractivity contribution in [3.05, 3.63) is 0 Å². The summed E-state index contributed by atoms with van der Waals surface area (Å²) in [6.45, 7) is 0.718. The molecule has 1 rings (SSSR count). The second-order valence-corrected chi connectivity index (χ2v) is 8.00. The minimum atomic E-state index is -0.831. The summed E-state index contributed by atoms with van der Waals surface area (Å²) in [5, 5.41) is 0.454. The lowest BCUT2D eigenvalue weighted by Gasteiger charge is -2.22. The predicted molar refractivity (Wildman–Crippen MR) is 119 cm³/mol. The summed E-state index contributed by atoms with van der Waals surface area (Å²) >= 11 is 3.98. The Hall–Kier alpha value is -1.12. The first kappa shape index (κ1) is 25.9. The van der Waals surface area contributed by atoms with Crippen molar-refractivity contribution in [2.24, 2.45) is 0 Å². The van der Waals surface area contributed by atoms with Crippen molar-refractivity contribution >= 4 is 80.4 Å². The maximum atomic E-state index is 12.5.